The van der Waals surface area contributed by atoms with Crippen LogP contribution in [0.25, 0.3) is 0 Å². The van der Waals surface area contributed by atoms with E-state index in [1.807, 2.05) is 0 Å². The van der Waals surface area contributed by atoms with Gasteiger partial charge in [-0.15, -0.1) is 24.0 Å². The van der Waals surface area contributed by atoms with Crippen LogP contribution in [0.15, 0.2) is 18.5 Å². The van der Waals surface area contributed by atoms with Gasteiger partial charge in [-0.05, 0) is 11.6 Å². The molecule has 0 saturated carbocycles. The third-order valence-corrected chi connectivity index (χ3v) is 1.51. The number of alkyl halides is 1. The summed E-state index contributed by atoms with van der Waals surface area (Å²) in [7, 11) is 0. The van der Waals surface area contributed by atoms with Crippen LogP contribution < -0.4 is 5.32 Å². The van der Waals surface area contributed by atoms with Gasteiger partial charge < -0.3 is 5.11 Å². The zero-order valence-corrected chi connectivity index (χ0v) is 8.10. The average molecular weight is 223 g/mol. The molecule has 0 aliphatic carbocycles. The second-order valence-electron chi connectivity index (χ2n) is 2.15. The van der Waals surface area contributed by atoms with Gasteiger partial charge in [-0.1, -0.05) is 0 Å². The summed E-state index contributed by atoms with van der Waals surface area (Å²) in [5.74, 6) is 0.322. The smallest absolute Gasteiger partial charge is 0.409 e. The van der Waals surface area contributed by atoms with Crippen LogP contribution in [0.3, 0.4) is 0 Å². The van der Waals surface area contributed by atoms with E-state index >= 15 is 0 Å². The molecule has 72 valence electrons. The van der Waals surface area contributed by atoms with Crippen molar-refractivity contribution in [1.82, 2.24) is 4.98 Å². The van der Waals surface area contributed by atoms with Gasteiger partial charge in [0.25, 0.3) is 0 Å². The Kier molecular flexibility index (Phi) is 5.18. The Balaban J connectivity index is 0.00000144. The Bertz CT molecular complexity index is 294. The predicted molar refractivity (Wildman–Crippen MR) is 52.7 cm³/mol. The lowest BCUT2D eigenvalue weighted by Crippen LogP contribution is -2.07. The summed E-state index contributed by atoms with van der Waals surface area (Å²) >= 11 is 5.52. The second kappa shape index (κ2) is 5.61. The van der Waals surface area contributed by atoms with Crippen molar-refractivity contribution >= 4 is 35.8 Å². The third kappa shape index (κ3) is 3.96. The Morgan fingerprint density at radius 3 is 2.85 bits per heavy atom. The average Bonchev–Trinajstić information content (AvgIpc) is 2.03. The van der Waals surface area contributed by atoms with E-state index in [4.69, 9.17) is 16.7 Å². The molecule has 0 unspecified atom stereocenters. The summed E-state index contributed by atoms with van der Waals surface area (Å²) in [6, 6.07) is 1.63. The summed E-state index contributed by atoms with van der Waals surface area (Å²) in [5, 5.41) is 10.5. The van der Waals surface area contributed by atoms with E-state index in [9.17, 15) is 4.79 Å². The lowest BCUT2D eigenvalue weighted by Gasteiger charge is -2.00. The van der Waals surface area contributed by atoms with Crippen molar-refractivity contribution in [3.8, 4) is 0 Å². The van der Waals surface area contributed by atoms with Gasteiger partial charge in [0, 0.05) is 12.1 Å². The minimum absolute atomic E-state index is 0. The highest BCUT2D eigenvalue weighted by atomic mass is 35.5. The van der Waals surface area contributed by atoms with Gasteiger partial charge in [-0.2, -0.15) is 0 Å². The van der Waals surface area contributed by atoms with Gasteiger partial charge in [-0.25, -0.2) is 4.79 Å². The number of nitrogens with zero attached hydrogens (tertiary/aromatic N) is 1. The maximum absolute atomic E-state index is 10.2. The predicted octanol–water partition coefficient (Wildman–Crippen LogP) is 2.33. The minimum Gasteiger partial charge on any atom is -0.465 e. The molecule has 0 aromatic carbocycles. The number of amides is 1. The van der Waals surface area contributed by atoms with Crippen LogP contribution in [-0.4, -0.2) is 16.2 Å². The maximum atomic E-state index is 10.2. The molecule has 0 radical (unpaired) electrons. The first-order chi connectivity index (χ1) is 5.72. The number of carboxylic acid groups (broad SMARTS) is 1. The number of pyridine rings is 1. The third-order valence-electron chi connectivity index (χ3n) is 1.20. The van der Waals surface area contributed by atoms with Gasteiger partial charge in [0.05, 0.1) is 11.9 Å². The summed E-state index contributed by atoms with van der Waals surface area (Å²) in [4.78, 5) is 14.0. The molecule has 0 fully saturated rings. The largest absolute Gasteiger partial charge is 0.465 e. The van der Waals surface area contributed by atoms with Gasteiger partial charge in [0.2, 0.25) is 0 Å². The maximum Gasteiger partial charge on any atom is 0.409 e. The van der Waals surface area contributed by atoms with Crippen molar-refractivity contribution in [2.45, 2.75) is 5.88 Å². The van der Waals surface area contributed by atoms with Crippen LogP contribution in [0.5, 0.6) is 0 Å². The summed E-state index contributed by atoms with van der Waals surface area (Å²) in [6.07, 6.45) is 1.90. The molecule has 1 aromatic heterocycles. The molecule has 0 bridgehead atoms. The zero-order valence-electron chi connectivity index (χ0n) is 6.53. The van der Waals surface area contributed by atoms with Crippen molar-refractivity contribution in [3.63, 3.8) is 0 Å². The molecule has 0 aliphatic heterocycles. The fourth-order valence-corrected chi connectivity index (χ4v) is 0.899. The molecule has 2 N–H and O–H groups in total. The van der Waals surface area contributed by atoms with E-state index in [1.54, 1.807) is 12.3 Å². The summed E-state index contributed by atoms with van der Waals surface area (Å²) in [5.41, 5.74) is 1.21. The van der Waals surface area contributed by atoms with Gasteiger partial charge >= 0.3 is 6.09 Å². The first-order valence-electron chi connectivity index (χ1n) is 3.22. The SMILES string of the molecule is Cl.O=C(O)Nc1cncc(CCl)c1. The molecule has 0 spiro atoms. The van der Waals surface area contributed by atoms with E-state index < -0.39 is 6.09 Å². The number of aromatic nitrogens is 1. The summed E-state index contributed by atoms with van der Waals surface area (Å²) < 4.78 is 0. The van der Waals surface area contributed by atoms with Crippen molar-refractivity contribution in [1.29, 1.82) is 0 Å². The molecule has 1 rings (SSSR count). The van der Waals surface area contributed by atoms with E-state index in [0.29, 0.717) is 11.6 Å². The molecular formula is C7H8Cl2N2O2. The van der Waals surface area contributed by atoms with E-state index in [-0.39, 0.29) is 12.4 Å². The molecule has 1 aromatic rings. The van der Waals surface area contributed by atoms with E-state index in [1.165, 1.54) is 6.20 Å². The molecule has 0 atom stereocenters. The molecular weight excluding hydrogens is 215 g/mol. The zero-order chi connectivity index (χ0) is 8.97. The number of hydrogen-bond acceptors (Lipinski definition) is 2. The highest BCUT2D eigenvalue weighted by Crippen LogP contribution is 2.09. The van der Waals surface area contributed by atoms with Crippen molar-refractivity contribution < 1.29 is 9.90 Å². The number of carbonyl (C=O) groups is 1. The van der Waals surface area contributed by atoms with Gasteiger partial charge in [-0.3, -0.25) is 10.3 Å². The first-order valence-corrected chi connectivity index (χ1v) is 3.75. The van der Waals surface area contributed by atoms with Crippen molar-refractivity contribution in [2.75, 3.05) is 5.32 Å². The van der Waals surface area contributed by atoms with E-state index in [2.05, 4.69) is 10.3 Å². The van der Waals surface area contributed by atoms with Gasteiger partial charge in [0.1, 0.15) is 0 Å². The fraction of sp³-hybridized carbons (Fsp3) is 0.143. The quantitative estimate of drug-likeness (QED) is 0.756. The van der Waals surface area contributed by atoms with E-state index in [0.717, 1.165) is 5.56 Å². The van der Waals surface area contributed by atoms with Crippen LogP contribution >= 0.6 is 24.0 Å². The minimum atomic E-state index is -1.11. The topological polar surface area (TPSA) is 62.2 Å². The van der Waals surface area contributed by atoms with Gasteiger partial charge in [0.15, 0.2) is 0 Å². The number of nitrogens with one attached hydrogen (secondary N) is 1. The molecule has 0 saturated heterocycles. The van der Waals surface area contributed by atoms with Crippen molar-refractivity contribution in [3.05, 3.63) is 24.0 Å². The molecule has 6 heteroatoms. The van der Waals surface area contributed by atoms with Crippen LogP contribution in [0, 0.1) is 0 Å². The highest BCUT2D eigenvalue weighted by molar-refractivity contribution is 6.17. The number of hydrogen-bond donors (Lipinski definition) is 2. The Hall–Kier alpha value is -1.00. The fourth-order valence-electron chi connectivity index (χ4n) is 0.752. The lowest BCUT2D eigenvalue weighted by molar-refractivity contribution is 0.209. The number of halogens is 2. The normalized spacial score (nSPS) is 8.69. The van der Waals surface area contributed by atoms with Crippen molar-refractivity contribution in [2.24, 2.45) is 0 Å². The molecule has 4 nitrogen and oxygen atoms in total. The second-order valence-corrected chi connectivity index (χ2v) is 2.41. The number of anilines is 1. The van der Waals surface area contributed by atoms with Crippen LogP contribution in [0.2, 0.25) is 0 Å². The molecule has 1 amide bonds. The molecule has 13 heavy (non-hydrogen) atoms. The molecule has 0 aliphatic rings. The highest BCUT2D eigenvalue weighted by Gasteiger charge is 1.98. The lowest BCUT2D eigenvalue weighted by atomic mass is 10.3. The Morgan fingerprint density at radius 2 is 2.31 bits per heavy atom. The van der Waals surface area contributed by atoms with Crippen LogP contribution in [-0.2, 0) is 5.88 Å². The monoisotopic (exact) mass is 222 g/mol. The Labute approximate surface area is 86.3 Å². The molecule has 1 heterocycles. The standard InChI is InChI=1S/C7H7ClN2O2.ClH/c8-2-5-1-6(4-9-3-5)10-7(11)12;/h1,3-4,10H,2H2,(H,11,12);1H. The Morgan fingerprint density at radius 1 is 1.62 bits per heavy atom. The van der Waals surface area contributed by atoms with Crippen LogP contribution in [0.1, 0.15) is 5.56 Å². The van der Waals surface area contributed by atoms with Crippen LogP contribution in [0.4, 0.5) is 10.5 Å². The number of rotatable bonds is 2. The first kappa shape index (κ1) is 12.0. The summed E-state index contributed by atoms with van der Waals surface area (Å²) in [6.45, 7) is 0.